The molecule has 1 fully saturated rings. The molecule has 5 nitrogen and oxygen atoms in total. The second-order valence-corrected chi connectivity index (χ2v) is 5.03. The van der Waals surface area contributed by atoms with Crippen LogP contribution in [0.1, 0.15) is 19.3 Å². The number of likely N-dealkylation sites (N-methyl/N-ethyl adjacent to an activating group) is 1. The molecule has 1 aromatic carbocycles. The number of nitrogens with two attached hydrogens (primary N) is 1. The Bertz CT molecular complexity index is 475. The van der Waals surface area contributed by atoms with Crippen LogP contribution in [0.3, 0.4) is 0 Å². The third-order valence-corrected chi connectivity index (χ3v) is 3.70. The molecule has 5 heteroatoms. The summed E-state index contributed by atoms with van der Waals surface area (Å²) in [6.45, 7) is 1.02. The lowest BCUT2D eigenvalue weighted by Crippen LogP contribution is -2.53. The van der Waals surface area contributed by atoms with Crippen LogP contribution in [0, 0.1) is 0 Å². The number of amides is 2. The predicted molar refractivity (Wildman–Crippen MR) is 78.3 cm³/mol. The summed E-state index contributed by atoms with van der Waals surface area (Å²) < 4.78 is 0. The number of anilines is 1. The van der Waals surface area contributed by atoms with E-state index in [0.29, 0.717) is 13.1 Å². The van der Waals surface area contributed by atoms with Crippen molar-refractivity contribution in [2.24, 2.45) is 5.73 Å². The first-order chi connectivity index (χ1) is 9.65. The molecule has 0 bridgehead atoms. The molecule has 0 aliphatic carbocycles. The Morgan fingerprint density at radius 2 is 2.10 bits per heavy atom. The van der Waals surface area contributed by atoms with Crippen LogP contribution in [-0.4, -0.2) is 42.9 Å². The highest BCUT2D eigenvalue weighted by molar-refractivity contribution is 5.99. The van der Waals surface area contributed by atoms with Crippen molar-refractivity contribution in [1.82, 2.24) is 4.90 Å². The Morgan fingerprint density at radius 3 is 2.75 bits per heavy atom. The summed E-state index contributed by atoms with van der Waals surface area (Å²) in [5, 5.41) is 0. The third-order valence-electron chi connectivity index (χ3n) is 3.70. The number of hydrogen-bond acceptors (Lipinski definition) is 3. The quantitative estimate of drug-likeness (QED) is 0.891. The van der Waals surface area contributed by atoms with Crippen molar-refractivity contribution >= 4 is 17.5 Å². The summed E-state index contributed by atoms with van der Waals surface area (Å²) in [4.78, 5) is 27.8. The molecule has 2 rings (SSSR count). The SMILES string of the molecule is CN(C(=O)CCN)C1CCCN(c2ccccc2)C1=O. The molecule has 1 aromatic rings. The van der Waals surface area contributed by atoms with Crippen molar-refractivity contribution in [2.45, 2.75) is 25.3 Å². The van der Waals surface area contributed by atoms with Gasteiger partial charge in [-0.2, -0.15) is 0 Å². The van der Waals surface area contributed by atoms with Crippen molar-refractivity contribution in [1.29, 1.82) is 0 Å². The molecule has 0 saturated carbocycles. The summed E-state index contributed by atoms with van der Waals surface area (Å²) in [5.74, 6) is -0.0731. The van der Waals surface area contributed by atoms with E-state index in [1.165, 1.54) is 0 Å². The number of carbonyl (C=O) groups excluding carboxylic acids is 2. The Morgan fingerprint density at radius 1 is 1.40 bits per heavy atom. The standard InChI is InChI=1S/C15H21N3O2/c1-17(14(19)9-10-16)13-8-5-11-18(15(13)20)12-6-3-2-4-7-12/h2-4,6-7,13H,5,8-11,16H2,1H3. The van der Waals surface area contributed by atoms with Gasteiger partial charge in [0, 0.05) is 32.2 Å². The van der Waals surface area contributed by atoms with Crippen LogP contribution >= 0.6 is 0 Å². The van der Waals surface area contributed by atoms with Crippen molar-refractivity contribution in [3.8, 4) is 0 Å². The molecule has 108 valence electrons. The Hall–Kier alpha value is -1.88. The zero-order valence-electron chi connectivity index (χ0n) is 11.8. The predicted octanol–water partition coefficient (Wildman–Crippen LogP) is 0.989. The zero-order valence-corrected chi connectivity index (χ0v) is 11.8. The average Bonchev–Trinajstić information content (AvgIpc) is 2.48. The van der Waals surface area contributed by atoms with Crippen LogP contribution < -0.4 is 10.6 Å². The van der Waals surface area contributed by atoms with Gasteiger partial charge in [-0.05, 0) is 25.0 Å². The number of rotatable bonds is 4. The van der Waals surface area contributed by atoms with Crippen molar-refractivity contribution in [3.05, 3.63) is 30.3 Å². The van der Waals surface area contributed by atoms with E-state index in [9.17, 15) is 9.59 Å². The number of carbonyl (C=O) groups is 2. The van der Waals surface area contributed by atoms with Crippen molar-refractivity contribution < 1.29 is 9.59 Å². The summed E-state index contributed by atoms with van der Waals surface area (Å²) in [6.07, 6.45) is 1.89. The van der Waals surface area contributed by atoms with Crippen LogP contribution in [0.15, 0.2) is 30.3 Å². The number of benzene rings is 1. The largest absolute Gasteiger partial charge is 0.334 e. The molecule has 1 atom stereocenters. The van der Waals surface area contributed by atoms with Gasteiger partial charge in [0.15, 0.2) is 0 Å². The molecule has 20 heavy (non-hydrogen) atoms. The first kappa shape index (κ1) is 14.5. The van der Waals surface area contributed by atoms with Crippen LogP contribution in [0.4, 0.5) is 5.69 Å². The molecule has 0 aromatic heterocycles. The van der Waals surface area contributed by atoms with Gasteiger partial charge in [-0.3, -0.25) is 9.59 Å². The van der Waals surface area contributed by atoms with Gasteiger partial charge >= 0.3 is 0 Å². The van der Waals surface area contributed by atoms with Gasteiger partial charge in [-0.15, -0.1) is 0 Å². The molecular formula is C15H21N3O2. The van der Waals surface area contributed by atoms with E-state index in [0.717, 1.165) is 18.5 Å². The molecular weight excluding hydrogens is 254 g/mol. The summed E-state index contributed by atoms with van der Waals surface area (Å²) >= 11 is 0. The number of para-hydroxylation sites is 1. The molecule has 2 N–H and O–H groups in total. The van der Waals surface area contributed by atoms with E-state index in [1.54, 1.807) is 16.8 Å². The zero-order chi connectivity index (χ0) is 14.5. The average molecular weight is 275 g/mol. The molecule has 1 heterocycles. The highest BCUT2D eigenvalue weighted by Gasteiger charge is 2.34. The van der Waals surface area contributed by atoms with E-state index in [-0.39, 0.29) is 24.3 Å². The number of piperidine rings is 1. The maximum absolute atomic E-state index is 12.6. The maximum atomic E-state index is 12.6. The maximum Gasteiger partial charge on any atom is 0.249 e. The second-order valence-electron chi connectivity index (χ2n) is 5.03. The van der Waals surface area contributed by atoms with Crippen LogP contribution in [0.5, 0.6) is 0 Å². The lowest BCUT2D eigenvalue weighted by Gasteiger charge is -2.36. The summed E-state index contributed by atoms with van der Waals surface area (Å²) in [7, 11) is 1.69. The van der Waals surface area contributed by atoms with E-state index in [1.807, 2.05) is 30.3 Å². The van der Waals surface area contributed by atoms with Crippen molar-refractivity contribution in [2.75, 3.05) is 25.0 Å². The van der Waals surface area contributed by atoms with Gasteiger partial charge in [-0.25, -0.2) is 0 Å². The lowest BCUT2D eigenvalue weighted by molar-refractivity contribution is -0.138. The minimum Gasteiger partial charge on any atom is -0.334 e. The number of nitrogens with zero attached hydrogens (tertiary/aromatic N) is 2. The van der Waals surface area contributed by atoms with Gasteiger partial charge in [0.1, 0.15) is 6.04 Å². The van der Waals surface area contributed by atoms with E-state index in [2.05, 4.69) is 0 Å². The van der Waals surface area contributed by atoms with Gasteiger partial charge in [-0.1, -0.05) is 18.2 Å². The molecule has 1 aliphatic heterocycles. The molecule has 1 aliphatic rings. The van der Waals surface area contributed by atoms with E-state index >= 15 is 0 Å². The van der Waals surface area contributed by atoms with Crippen LogP contribution in [-0.2, 0) is 9.59 Å². The Labute approximate surface area is 119 Å². The van der Waals surface area contributed by atoms with Crippen molar-refractivity contribution in [3.63, 3.8) is 0 Å². The van der Waals surface area contributed by atoms with Crippen LogP contribution in [0.25, 0.3) is 0 Å². The molecule has 0 radical (unpaired) electrons. The topological polar surface area (TPSA) is 66.6 Å². The fourth-order valence-corrected chi connectivity index (χ4v) is 2.55. The van der Waals surface area contributed by atoms with Gasteiger partial charge < -0.3 is 15.5 Å². The fourth-order valence-electron chi connectivity index (χ4n) is 2.55. The molecule has 1 saturated heterocycles. The summed E-state index contributed by atoms with van der Waals surface area (Å²) in [6, 6.07) is 9.21. The third kappa shape index (κ3) is 2.99. The second kappa shape index (κ2) is 6.52. The van der Waals surface area contributed by atoms with E-state index in [4.69, 9.17) is 5.73 Å². The normalized spacial score (nSPS) is 19.0. The highest BCUT2D eigenvalue weighted by atomic mass is 16.2. The minimum absolute atomic E-state index is 0.00433. The summed E-state index contributed by atoms with van der Waals surface area (Å²) in [5.41, 5.74) is 6.30. The number of hydrogen-bond donors (Lipinski definition) is 1. The van der Waals surface area contributed by atoms with Gasteiger partial charge in [0.05, 0.1) is 0 Å². The van der Waals surface area contributed by atoms with Crippen LogP contribution in [0.2, 0.25) is 0 Å². The highest BCUT2D eigenvalue weighted by Crippen LogP contribution is 2.23. The molecule has 1 unspecified atom stereocenters. The smallest absolute Gasteiger partial charge is 0.249 e. The lowest BCUT2D eigenvalue weighted by atomic mass is 10.0. The van der Waals surface area contributed by atoms with Gasteiger partial charge in [0.2, 0.25) is 11.8 Å². The monoisotopic (exact) mass is 275 g/mol. The van der Waals surface area contributed by atoms with Gasteiger partial charge in [0.25, 0.3) is 0 Å². The first-order valence-corrected chi connectivity index (χ1v) is 6.97. The Kier molecular flexibility index (Phi) is 4.74. The fraction of sp³-hybridized carbons (Fsp3) is 0.467. The molecule has 0 spiro atoms. The minimum atomic E-state index is -0.372. The Balaban J connectivity index is 2.13. The molecule has 2 amide bonds. The van der Waals surface area contributed by atoms with E-state index < -0.39 is 0 Å². The first-order valence-electron chi connectivity index (χ1n) is 6.97.